The Labute approximate surface area is 230 Å². The summed E-state index contributed by atoms with van der Waals surface area (Å²) in [5.74, 6) is -0.400. The number of hydrogen-bond donors (Lipinski definition) is 1. The summed E-state index contributed by atoms with van der Waals surface area (Å²) < 4.78 is 23.0. The van der Waals surface area contributed by atoms with Gasteiger partial charge < -0.3 is 19.2 Å². The van der Waals surface area contributed by atoms with Crippen molar-refractivity contribution in [1.82, 2.24) is 24.3 Å². The fraction of sp³-hybridized carbons (Fsp3) is 0.357. The van der Waals surface area contributed by atoms with Gasteiger partial charge in [0.25, 0.3) is 5.91 Å². The standard InChI is InChI=1S/C28H28Cl2FN5O2/c1-34-16-20(29)23-21(34)9-8-19(24(23)31)28(37)36-15-18(35-10-12-38-13-11-35)14-22(36)27-32-25(26(30)33-27)17-6-4-2-3-5-7-17/h2-4,6-9,16,18,22H,5,10-15H2,1H3,(H,32,33). The van der Waals surface area contributed by atoms with E-state index in [1.807, 2.05) is 18.2 Å². The average Bonchev–Trinajstić information content (AvgIpc) is 3.53. The zero-order chi connectivity index (χ0) is 26.4. The smallest absolute Gasteiger partial charge is 0.257 e. The molecule has 0 saturated carbocycles. The third kappa shape index (κ3) is 4.49. The summed E-state index contributed by atoms with van der Waals surface area (Å²) in [6.07, 6.45) is 13.1. The van der Waals surface area contributed by atoms with E-state index >= 15 is 4.39 Å². The Hall–Kier alpha value is -2.91. The second-order valence-electron chi connectivity index (χ2n) is 9.89. The molecule has 38 heavy (non-hydrogen) atoms. The number of allylic oxidation sites excluding steroid dienone is 6. The van der Waals surface area contributed by atoms with Gasteiger partial charge in [-0.15, -0.1) is 0 Å². The highest BCUT2D eigenvalue weighted by Gasteiger charge is 2.42. The lowest BCUT2D eigenvalue weighted by Gasteiger charge is -2.31. The number of carbonyl (C=O) groups is 1. The Morgan fingerprint density at radius 2 is 2.03 bits per heavy atom. The van der Waals surface area contributed by atoms with Gasteiger partial charge in [0.15, 0.2) is 0 Å². The van der Waals surface area contributed by atoms with E-state index in [2.05, 4.69) is 22.0 Å². The lowest BCUT2D eigenvalue weighted by atomic mass is 10.1. The van der Waals surface area contributed by atoms with E-state index in [-0.39, 0.29) is 22.0 Å². The van der Waals surface area contributed by atoms with Crippen LogP contribution in [0.4, 0.5) is 4.39 Å². The van der Waals surface area contributed by atoms with Crippen LogP contribution >= 0.6 is 23.2 Å². The molecular formula is C28H28Cl2FN5O2. The van der Waals surface area contributed by atoms with Gasteiger partial charge in [-0.25, -0.2) is 9.37 Å². The second-order valence-corrected chi connectivity index (χ2v) is 10.7. The molecule has 2 fully saturated rings. The van der Waals surface area contributed by atoms with Crippen molar-refractivity contribution < 1.29 is 13.9 Å². The Balaban J connectivity index is 1.37. The lowest BCUT2D eigenvalue weighted by Crippen LogP contribution is -2.45. The third-order valence-electron chi connectivity index (χ3n) is 7.64. The molecule has 2 aromatic heterocycles. The van der Waals surface area contributed by atoms with Gasteiger partial charge >= 0.3 is 0 Å². The van der Waals surface area contributed by atoms with Crippen LogP contribution in [0, 0.1) is 5.82 Å². The molecule has 1 aromatic carbocycles. The molecule has 2 atom stereocenters. The van der Waals surface area contributed by atoms with Crippen molar-refractivity contribution in [3.63, 3.8) is 0 Å². The van der Waals surface area contributed by atoms with E-state index < -0.39 is 17.8 Å². The molecule has 1 amide bonds. The van der Waals surface area contributed by atoms with Gasteiger partial charge in [0.05, 0.1) is 40.7 Å². The maximum absolute atomic E-state index is 15.7. The van der Waals surface area contributed by atoms with E-state index in [1.165, 1.54) is 0 Å². The summed E-state index contributed by atoms with van der Waals surface area (Å²) >= 11 is 13.0. The van der Waals surface area contributed by atoms with Gasteiger partial charge in [-0.05, 0) is 30.5 Å². The summed E-state index contributed by atoms with van der Waals surface area (Å²) in [4.78, 5) is 26.1. The number of aromatic amines is 1. The van der Waals surface area contributed by atoms with Crippen LogP contribution in [0.5, 0.6) is 0 Å². The largest absolute Gasteiger partial charge is 0.379 e. The molecule has 0 radical (unpaired) electrons. The molecule has 7 nitrogen and oxygen atoms in total. The number of hydrogen-bond acceptors (Lipinski definition) is 4. The van der Waals surface area contributed by atoms with Gasteiger partial charge in [0.2, 0.25) is 0 Å². The zero-order valence-corrected chi connectivity index (χ0v) is 22.5. The van der Waals surface area contributed by atoms with Crippen molar-refractivity contribution in [2.75, 3.05) is 32.8 Å². The van der Waals surface area contributed by atoms with Crippen molar-refractivity contribution in [1.29, 1.82) is 0 Å². The van der Waals surface area contributed by atoms with E-state index in [9.17, 15) is 4.79 Å². The third-order valence-corrected chi connectivity index (χ3v) is 8.20. The van der Waals surface area contributed by atoms with Gasteiger partial charge in [0, 0.05) is 38.9 Å². The summed E-state index contributed by atoms with van der Waals surface area (Å²) in [5.41, 5.74) is 2.19. The number of rotatable bonds is 4. The fourth-order valence-electron chi connectivity index (χ4n) is 5.69. The SMILES string of the molecule is Cn1cc(Cl)c2c(F)c(C(=O)N3CC(N4CCOCC4)CC3c3nc(C4=CCC=CC=C4)c(Cl)[nH]3)ccc21. The van der Waals surface area contributed by atoms with Crippen LogP contribution < -0.4 is 0 Å². The van der Waals surface area contributed by atoms with Crippen molar-refractivity contribution in [2.45, 2.75) is 24.9 Å². The summed E-state index contributed by atoms with van der Waals surface area (Å²) in [7, 11) is 1.80. The number of halogens is 3. The van der Waals surface area contributed by atoms with E-state index in [0.717, 1.165) is 25.1 Å². The van der Waals surface area contributed by atoms with Crippen molar-refractivity contribution in [3.8, 4) is 0 Å². The van der Waals surface area contributed by atoms with Crippen LogP contribution in [0.3, 0.4) is 0 Å². The number of aromatic nitrogens is 3. The highest BCUT2D eigenvalue weighted by Crippen LogP contribution is 2.38. The number of morpholine rings is 1. The van der Waals surface area contributed by atoms with Crippen LogP contribution in [-0.2, 0) is 11.8 Å². The van der Waals surface area contributed by atoms with Gasteiger partial charge in [-0.2, -0.15) is 0 Å². The van der Waals surface area contributed by atoms with Crippen LogP contribution in [0.25, 0.3) is 16.5 Å². The number of ether oxygens (including phenoxy) is 1. The topological polar surface area (TPSA) is 66.4 Å². The second kappa shape index (κ2) is 10.3. The van der Waals surface area contributed by atoms with Gasteiger partial charge in [0.1, 0.15) is 22.5 Å². The number of likely N-dealkylation sites (tertiary alicyclic amines) is 1. The molecule has 4 heterocycles. The van der Waals surface area contributed by atoms with Crippen molar-refractivity contribution in [3.05, 3.63) is 81.8 Å². The van der Waals surface area contributed by atoms with Crippen LogP contribution in [0.1, 0.15) is 40.8 Å². The Kier molecular flexibility index (Phi) is 6.90. The minimum atomic E-state index is -0.605. The molecule has 3 aliphatic rings. The Morgan fingerprint density at radius 3 is 2.84 bits per heavy atom. The summed E-state index contributed by atoms with van der Waals surface area (Å²) in [6.45, 7) is 3.32. The molecule has 6 rings (SSSR count). The van der Waals surface area contributed by atoms with Crippen molar-refractivity contribution in [2.24, 2.45) is 7.05 Å². The van der Waals surface area contributed by atoms with E-state index in [0.29, 0.717) is 48.4 Å². The predicted octanol–water partition coefficient (Wildman–Crippen LogP) is 5.53. The molecule has 2 unspecified atom stereocenters. The maximum Gasteiger partial charge on any atom is 0.257 e. The molecule has 0 spiro atoms. The normalized spacial score (nSPS) is 22.3. The first-order valence-electron chi connectivity index (χ1n) is 12.8. The van der Waals surface area contributed by atoms with Crippen LogP contribution in [0.2, 0.25) is 10.2 Å². The monoisotopic (exact) mass is 555 g/mol. The minimum Gasteiger partial charge on any atom is -0.379 e. The minimum absolute atomic E-state index is 0.00316. The Bertz CT molecular complexity index is 1480. The number of aryl methyl sites for hydroxylation is 1. The summed E-state index contributed by atoms with van der Waals surface area (Å²) in [6, 6.07) is 2.98. The predicted molar refractivity (Wildman–Crippen MR) is 147 cm³/mol. The molecule has 198 valence electrons. The number of benzene rings is 1. The van der Waals surface area contributed by atoms with Gasteiger partial charge in [-0.1, -0.05) is 53.6 Å². The molecule has 10 heteroatoms. The summed E-state index contributed by atoms with van der Waals surface area (Å²) in [5, 5.41) is 0.953. The molecule has 0 bridgehead atoms. The van der Waals surface area contributed by atoms with E-state index in [4.69, 9.17) is 32.9 Å². The molecule has 1 aliphatic carbocycles. The molecule has 2 saturated heterocycles. The Morgan fingerprint density at radius 1 is 1.21 bits per heavy atom. The fourth-order valence-corrected chi connectivity index (χ4v) is 6.26. The highest BCUT2D eigenvalue weighted by molar-refractivity contribution is 6.35. The number of fused-ring (bicyclic) bond motifs is 1. The van der Waals surface area contributed by atoms with Crippen LogP contribution in [-0.4, -0.2) is 69.1 Å². The van der Waals surface area contributed by atoms with E-state index in [1.54, 1.807) is 34.8 Å². The molecule has 1 N–H and O–H groups in total. The number of carbonyl (C=O) groups excluding carboxylic acids is 1. The molecular weight excluding hydrogens is 528 g/mol. The quantitative estimate of drug-likeness (QED) is 0.459. The first-order valence-corrected chi connectivity index (χ1v) is 13.5. The number of imidazole rings is 1. The number of nitrogens with zero attached hydrogens (tertiary/aromatic N) is 4. The zero-order valence-electron chi connectivity index (χ0n) is 21.0. The number of amides is 1. The van der Waals surface area contributed by atoms with Crippen molar-refractivity contribution >= 4 is 45.6 Å². The highest BCUT2D eigenvalue weighted by atomic mass is 35.5. The average molecular weight is 556 g/mol. The first kappa shape index (κ1) is 25.4. The van der Waals surface area contributed by atoms with Gasteiger partial charge in [-0.3, -0.25) is 9.69 Å². The first-order chi connectivity index (χ1) is 18.4. The molecule has 2 aliphatic heterocycles. The number of H-pyrrole nitrogens is 1. The number of nitrogens with one attached hydrogen (secondary N) is 1. The molecule has 3 aromatic rings. The lowest BCUT2D eigenvalue weighted by molar-refractivity contribution is 0.0184. The van der Waals surface area contributed by atoms with Crippen LogP contribution in [0.15, 0.2) is 48.7 Å². The maximum atomic E-state index is 15.7.